The number of amides is 2. The largest absolute Gasteiger partial charge is 0.324 e. The summed E-state index contributed by atoms with van der Waals surface area (Å²) in [4.78, 5) is 32.8. The first-order valence-corrected chi connectivity index (χ1v) is 11.3. The van der Waals surface area contributed by atoms with E-state index in [0.717, 1.165) is 36.2 Å². The van der Waals surface area contributed by atoms with Crippen LogP contribution in [0.2, 0.25) is 0 Å². The molecule has 33 heavy (non-hydrogen) atoms. The van der Waals surface area contributed by atoms with E-state index < -0.39 is 6.03 Å². The number of hydrogen-bond acceptors (Lipinski definition) is 4. The van der Waals surface area contributed by atoms with Crippen LogP contribution in [-0.4, -0.2) is 25.8 Å². The van der Waals surface area contributed by atoms with Crippen LogP contribution < -0.4 is 16.2 Å². The van der Waals surface area contributed by atoms with Crippen molar-refractivity contribution in [1.29, 1.82) is 0 Å². The van der Waals surface area contributed by atoms with E-state index in [1.54, 1.807) is 0 Å². The lowest BCUT2D eigenvalue weighted by Gasteiger charge is -2.19. The van der Waals surface area contributed by atoms with Gasteiger partial charge >= 0.3 is 6.03 Å². The Balaban J connectivity index is 1.62. The maximum atomic E-state index is 12.8. The van der Waals surface area contributed by atoms with Crippen LogP contribution in [0, 0.1) is 0 Å². The molecule has 2 amide bonds. The van der Waals surface area contributed by atoms with E-state index >= 15 is 0 Å². The highest BCUT2D eigenvalue weighted by atomic mass is 16.2. The SMILES string of the molecule is CC(C)(C)c1ccc(NC(=O)Nc2cc(C(C)(C)C)nn2-c2nc3c(c(=O)[nH]2)CCC3)cc1. The number of benzene rings is 1. The van der Waals surface area contributed by atoms with Gasteiger partial charge in [0.15, 0.2) is 0 Å². The fraction of sp³-hybridized carbons (Fsp3) is 0.440. The number of anilines is 2. The number of urea groups is 1. The molecule has 0 fully saturated rings. The zero-order valence-electron chi connectivity index (χ0n) is 20.2. The zero-order valence-corrected chi connectivity index (χ0v) is 20.2. The second kappa shape index (κ2) is 8.17. The molecule has 3 N–H and O–H groups in total. The molecule has 0 radical (unpaired) electrons. The lowest BCUT2D eigenvalue weighted by atomic mass is 9.87. The predicted molar refractivity (Wildman–Crippen MR) is 130 cm³/mol. The minimum absolute atomic E-state index is 0.0381. The van der Waals surface area contributed by atoms with E-state index in [4.69, 9.17) is 0 Å². The molecule has 4 rings (SSSR count). The summed E-state index contributed by atoms with van der Waals surface area (Å²) in [5, 5.41) is 10.4. The van der Waals surface area contributed by atoms with Gasteiger partial charge in [-0.15, -0.1) is 0 Å². The number of carbonyl (C=O) groups is 1. The van der Waals surface area contributed by atoms with Crippen LogP contribution in [-0.2, 0) is 23.7 Å². The Kier molecular flexibility index (Phi) is 5.64. The van der Waals surface area contributed by atoms with Gasteiger partial charge in [-0.2, -0.15) is 9.78 Å². The van der Waals surface area contributed by atoms with E-state index in [-0.39, 0.29) is 16.4 Å². The maximum Gasteiger partial charge on any atom is 0.324 e. The number of rotatable bonds is 3. The first-order valence-electron chi connectivity index (χ1n) is 11.3. The molecule has 0 spiro atoms. The Morgan fingerprint density at radius 1 is 1.00 bits per heavy atom. The van der Waals surface area contributed by atoms with Gasteiger partial charge < -0.3 is 5.32 Å². The Morgan fingerprint density at radius 2 is 1.70 bits per heavy atom. The maximum absolute atomic E-state index is 12.8. The van der Waals surface area contributed by atoms with Crippen LogP contribution in [0.3, 0.4) is 0 Å². The molecule has 2 aromatic heterocycles. The molecule has 0 saturated carbocycles. The highest BCUT2D eigenvalue weighted by Crippen LogP contribution is 2.27. The molecule has 0 atom stereocenters. The fourth-order valence-corrected chi connectivity index (χ4v) is 3.86. The normalized spacial score (nSPS) is 13.6. The summed E-state index contributed by atoms with van der Waals surface area (Å²) in [6.45, 7) is 12.6. The molecule has 0 aliphatic heterocycles. The van der Waals surface area contributed by atoms with Gasteiger partial charge in [0, 0.05) is 22.7 Å². The summed E-state index contributed by atoms with van der Waals surface area (Å²) in [6, 6.07) is 9.21. The number of fused-ring (bicyclic) bond motifs is 1. The van der Waals surface area contributed by atoms with Crippen LogP contribution >= 0.6 is 0 Å². The van der Waals surface area contributed by atoms with Crippen molar-refractivity contribution in [2.24, 2.45) is 0 Å². The molecule has 3 aromatic rings. The molecule has 0 bridgehead atoms. The molecule has 1 aliphatic carbocycles. The third-order valence-electron chi connectivity index (χ3n) is 5.86. The number of aryl methyl sites for hydroxylation is 1. The average molecular weight is 449 g/mol. The molecule has 0 unspecified atom stereocenters. The van der Waals surface area contributed by atoms with Crippen LogP contribution in [0.15, 0.2) is 35.1 Å². The van der Waals surface area contributed by atoms with Gasteiger partial charge in [0.25, 0.3) is 5.56 Å². The number of aromatic nitrogens is 4. The van der Waals surface area contributed by atoms with Crippen LogP contribution in [0.4, 0.5) is 16.3 Å². The lowest BCUT2D eigenvalue weighted by molar-refractivity contribution is 0.262. The van der Waals surface area contributed by atoms with Gasteiger partial charge in [0.1, 0.15) is 5.82 Å². The second-order valence-electron chi connectivity index (χ2n) is 10.7. The summed E-state index contributed by atoms with van der Waals surface area (Å²) in [7, 11) is 0. The monoisotopic (exact) mass is 448 g/mol. The van der Waals surface area contributed by atoms with Crippen LogP contribution in [0.5, 0.6) is 0 Å². The van der Waals surface area contributed by atoms with E-state index in [9.17, 15) is 9.59 Å². The number of nitrogens with one attached hydrogen (secondary N) is 3. The van der Waals surface area contributed by atoms with Crippen LogP contribution in [0.1, 0.15) is 70.5 Å². The summed E-state index contributed by atoms with van der Waals surface area (Å²) >= 11 is 0. The van der Waals surface area contributed by atoms with Crippen molar-refractivity contribution in [3.8, 4) is 5.95 Å². The van der Waals surface area contributed by atoms with E-state index in [2.05, 4.69) is 46.5 Å². The van der Waals surface area contributed by atoms with Gasteiger partial charge in [-0.1, -0.05) is 53.7 Å². The smallest absolute Gasteiger partial charge is 0.308 e. The third kappa shape index (κ3) is 4.84. The summed E-state index contributed by atoms with van der Waals surface area (Å²) in [6.07, 6.45) is 2.43. The predicted octanol–water partition coefficient (Wildman–Crippen LogP) is 4.68. The third-order valence-corrected chi connectivity index (χ3v) is 5.86. The van der Waals surface area contributed by atoms with Gasteiger partial charge in [-0.25, -0.2) is 9.78 Å². The summed E-state index contributed by atoms with van der Waals surface area (Å²) in [5.74, 6) is 0.741. The number of aromatic amines is 1. The molecule has 174 valence electrons. The van der Waals surface area contributed by atoms with Gasteiger partial charge in [-0.3, -0.25) is 15.1 Å². The number of H-pyrrole nitrogens is 1. The van der Waals surface area contributed by atoms with E-state index in [1.165, 1.54) is 10.2 Å². The highest BCUT2D eigenvalue weighted by molar-refractivity contribution is 5.99. The number of nitrogens with zero attached hydrogens (tertiary/aromatic N) is 3. The van der Waals surface area contributed by atoms with Gasteiger partial charge in [-0.05, 0) is 42.4 Å². The van der Waals surface area contributed by atoms with Crippen LogP contribution in [0.25, 0.3) is 5.95 Å². The molecule has 8 nitrogen and oxygen atoms in total. The Labute approximate surface area is 193 Å². The molecular weight excluding hydrogens is 416 g/mol. The molecule has 0 saturated heterocycles. The standard InChI is InChI=1S/C25H32N6O2/c1-24(2,3)15-10-12-16(13-11-15)26-23(33)28-20-14-19(25(4,5)6)30-31(20)22-27-18-9-7-8-17(18)21(32)29-22/h10-14H,7-9H2,1-6H3,(H2,26,28,33)(H,27,29,32). The van der Waals surface area contributed by atoms with Crippen molar-refractivity contribution in [3.63, 3.8) is 0 Å². The Bertz CT molecular complexity index is 1240. The molecule has 1 aliphatic rings. The van der Waals surface area contributed by atoms with E-state index in [0.29, 0.717) is 17.5 Å². The lowest BCUT2D eigenvalue weighted by Crippen LogP contribution is -2.23. The number of hydrogen-bond donors (Lipinski definition) is 3. The summed E-state index contributed by atoms with van der Waals surface area (Å²) in [5.41, 5.74) is 3.84. The molecule has 2 heterocycles. The highest BCUT2D eigenvalue weighted by Gasteiger charge is 2.24. The van der Waals surface area contributed by atoms with Crippen molar-refractivity contribution < 1.29 is 4.79 Å². The van der Waals surface area contributed by atoms with Crippen molar-refractivity contribution in [2.45, 2.75) is 71.6 Å². The number of carbonyl (C=O) groups excluding carboxylic acids is 1. The molecular formula is C25H32N6O2. The van der Waals surface area contributed by atoms with Gasteiger partial charge in [0.05, 0.1) is 11.4 Å². The summed E-state index contributed by atoms with van der Waals surface area (Å²) < 4.78 is 1.50. The first-order chi connectivity index (χ1) is 15.4. The van der Waals surface area contributed by atoms with Gasteiger partial charge in [0.2, 0.25) is 5.95 Å². The van der Waals surface area contributed by atoms with Crippen molar-refractivity contribution in [1.82, 2.24) is 19.7 Å². The quantitative estimate of drug-likeness (QED) is 0.541. The molecule has 1 aromatic carbocycles. The molecule has 8 heteroatoms. The fourth-order valence-electron chi connectivity index (χ4n) is 3.86. The van der Waals surface area contributed by atoms with Crippen molar-refractivity contribution in [2.75, 3.05) is 10.6 Å². The van der Waals surface area contributed by atoms with Crippen molar-refractivity contribution >= 4 is 17.5 Å². The van der Waals surface area contributed by atoms with E-state index in [1.807, 2.05) is 51.1 Å². The second-order valence-corrected chi connectivity index (χ2v) is 10.7. The zero-order chi connectivity index (χ0) is 24.0. The minimum Gasteiger partial charge on any atom is -0.308 e. The Morgan fingerprint density at radius 3 is 2.33 bits per heavy atom. The van der Waals surface area contributed by atoms with Crippen molar-refractivity contribution in [3.05, 3.63) is 63.2 Å². The Hall–Kier alpha value is -3.42. The topological polar surface area (TPSA) is 105 Å². The average Bonchev–Trinajstić information content (AvgIpc) is 3.34. The first kappa shape index (κ1) is 22.8. The minimum atomic E-state index is -0.399.